The number of fused-ring (bicyclic) bond motifs is 1. The Balaban J connectivity index is 1.52. The third-order valence-corrected chi connectivity index (χ3v) is 5.13. The molecule has 124 valence electrons. The summed E-state index contributed by atoms with van der Waals surface area (Å²) in [5.74, 6) is 0. The molecule has 0 saturated heterocycles. The Bertz CT molecular complexity index is 800. The Morgan fingerprint density at radius 2 is 2.04 bits per heavy atom. The number of rotatable bonds is 7. The SMILES string of the molecule is CC(NCCCc1csc([N+](=O)[O-])c1)c1ccc2cccccc1-2. The minimum Gasteiger partial charge on any atom is -0.310 e. The summed E-state index contributed by atoms with van der Waals surface area (Å²) in [4.78, 5) is 10.4. The molecule has 1 aromatic rings. The molecule has 0 bridgehead atoms. The van der Waals surface area contributed by atoms with Gasteiger partial charge in [0.2, 0.25) is 0 Å². The molecule has 2 aliphatic carbocycles. The molecule has 1 aromatic heterocycles. The monoisotopic (exact) mass is 340 g/mol. The van der Waals surface area contributed by atoms with Gasteiger partial charge in [-0.2, -0.15) is 0 Å². The van der Waals surface area contributed by atoms with Gasteiger partial charge in [0.1, 0.15) is 0 Å². The molecule has 3 rings (SSSR count). The van der Waals surface area contributed by atoms with Crippen LogP contribution in [0.1, 0.15) is 30.5 Å². The van der Waals surface area contributed by atoms with Gasteiger partial charge in [0, 0.05) is 17.5 Å². The summed E-state index contributed by atoms with van der Waals surface area (Å²) >= 11 is 1.20. The van der Waals surface area contributed by atoms with Crippen molar-refractivity contribution >= 4 is 16.3 Å². The van der Waals surface area contributed by atoms with Crippen LogP contribution < -0.4 is 5.32 Å². The van der Waals surface area contributed by atoms with E-state index in [1.807, 2.05) is 11.4 Å². The number of nitro groups is 1. The fraction of sp³-hybridized carbons (Fsp3) is 0.263. The second-order valence-corrected chi connectivity index (χ2v) is 6.79. The first-order valence-electron chi connectivity index (χ1n) is 8.08. The summed E-state index contributed by atoms with van der Waals surface area (Å²) in [6.45, 7) is 3.06. The predicted octanol–water partition coefficient (Wildman–Crippen LogP) is 5.04. The first kappa shape index (κ1) is 16.6. The minimum absolute atomic E-state index is 0.224. The van der Waals surface area contributed by atoms with Crippen molar-refractivity contribution in [2.45, 2.75) is 25.8 Å². The van der Waals surface area contributed by atoms with Crippen molar-refractivity contribution in [1.82, 2.24) is 5.32 Å². The molecule has 0 fully saturated rings. The molecule has 1 unspecified atom stereocenters. The van der Waals surface area contributed by atoms with Crippen molar-refractivity contribution in [2.75, 3.05) is 6.54 Å². The van der Waals surface area contributed by atoms with Crippen molar-refractivity contribution in [3.63, 3.8) is 0 Å². The molecule has 0 saturated carbocycles. The molecule has 0 aliphatic heterocycles. The van der Waals surface area contributed by atoms with Gasteiger partial charge in [-0.1, -0.05) is 53.8 Å². The van der Waals surface area contributed by atoms with E-state index in [-0.39, 0.29) is 16.0 Å². The molecule has 1 atom stereocenters. The summed E-state index contributed by atoms with van der Waals surface area (Å²) in [6, 6.07) is 16.8. The van der Waals surface area contributed by atoms with E-state index in [9.17, 15) is 10.1 Å². The second kappa shape index (κ2) is 7.55. The highest BCUT2D eigenvalue weighted by molar-refractivity contribution is 7.13. The molecule has 0 radical (unpaired) electrons. The number of nitrogens with one attached hydrogen (secondary N) is 1. The normalized spacial score (nSPS) is 12.4. The number of aryl methyl sites for hydroxylation is 1. The van der Waals surface area contributed by atoms with Crippen LogP contribution in [0.15, 0.2) is 53.9 Å². The summed E-state index contributed by atoms with van der Waals surface area (Å²) < 4.78 is 0. The van der Waals surface area contributed by atoms with Crippen LogP contribution in [0.5, 0.6) is 0 Å². The second-order valence-electron chi connectivity index (χ2n) is 5.90. The van der Waals surface area contributed by atoms with Crippen LogP contribution in [0.2, 0.25) is 0 Å². The standard InChI is InChI=1S/C19H20N2O2S/c1-14(17-10-9-16-7-3-2-4-8-18(16)17)20-11-5-6-15-12-19(21(22)23)24-13-15/h2-4,7-10,12-14,20H,5-6,11H2,1H3. The number of nitrogens with zero attached hydrogens (tertiary/aromatic N) is 1. The van der Waals surface area contributed by atoms with E-state index in [1.165, 1.54) is 28.0 Å². The highest BCUT2D eigenvalue weighted by Gasteiger charge is 2.13. The lowest BCUT2D eigenvalue weighted by molar-refractivity contribution is -0.380. The van der Waals surface area contributed by atoms with Gasteiger partial charge in [-0.15, -0.1) is 0 Å². The molecule has 24 heavy (non-hydrogen) atoms. The van der Waals surface area contributed by atoms with Crippen LogP contribution in [0.3, 0.4) is 0 Å². The summed E-state index contributed by atoms with van der Waals surface area (Å²) in [6.07, 6.45) is 1.82. The van der Waals surface area contributed by atoms with Gasteiger partial charge in [-0.05, 0) is 48.6 Å². The zero-order valence-corrected chi connectivity index (χ0v) is 14.4. The van der Waals surface area contributed by atoms with Gasteiger partial charge >= 0.3 is 5.00 Å². The number of hydrogen-bond donors (Lipinski definition) is 1. The molecular formula is C19H20N2O2S. The molecule has 0 spiro atoms. The highest BCUT2D eigenvalue weighted by atomic mass is 32.1. The first-order chi connectivity index (χ1) is 11.6. The zero-order valence-electron chi connectivity index (χ0n) is 13.6. The van der Waals surface area contributed by atoms with Crippen molar-refractivity contribution < 1.29 is 4.92 Å². The molecule has 2 aliphatic rings. The highest BCUT2D eigenvalue weighted by Crippen LogP contribution is 2.31. The quantitative estimate of drug-likeness (QED) is 0.372. The fourth-order valence-electron chi connectivity index (χ4n) is 2.93. The van der Waals surface area contributed by atoms with Crippen LogP contribution in [-0.4, -0.2) is 11.5 Å². The Morgan fingerprint density at radius 1 is 1.21 bits per heavy atom. The topological polar surface area (TPSA) is 55.2 Å². The third kappa shape index (κ3) is 3.80. The summed E-state index contributed by atoms with van der Waals surface area (Å²) in [5, 5.41) is 16.4. The third-order valence-electron chi connectivity index (χ3n) is 4.20. The van der Waals surface area contributed by atoms with Crippen LogP contribution >= 0.6 is 11.3 Å². The summed E-state index contributed by atoms with van der Waals surface area (Å²) in [5.41, 5.74) is 4.90. The van der Waals surface area contributed by atoms with Gasteiger partial charge < -0.3 is 5.32 Å². The van der Waals surface area contributed by atoms with Crippen LogP contribution in [0, 0.1) is 10.1 Å². The Kier molecular flexibility index (Phi) is 5.23. The molecule has 0 amide bonds. The van der Waals surface area contributed by atoms with E-state index in [1.54, 1.807) is 6.07 Å². The maximum Gasteiger partial charge on any atom is 0.324 e. The predicted molar refractivity (Wildman–Crippen MR) is 98.8 cm³/mol. The van der Waals surface area contributed by atoms with Gasteiger partial charge in [0.05, 0.1) is 4.92 Å². The Hall–Kier alpha value is -2.24. The molecule has 1 heterocycles. The van der Waals surface area contributed by atoms with E-state index in [0.29, 0.717) is 0 Å². The van der Waals surface area contributed by atoms with Crippen molar-refractivity contribution in [1.29, 1.82) is 0 Å². The number of hydrogen-bond acceptors (Lipinski definition) is 4. The number of thiophene rings is 1. The van der Waals surface area contributed by atoms with Gasteiger partial charge in [-0.25, -0.2) is 0 Å². The van der Waals surface area contributed by atoms with Crippen molar-refractivity contribution in [3.8, 4) is 11.1 Å². The van der Waals surface area contributed by atoms with Gasteiger partial charge in [-0.3, -0.25) is 10.1 Å². The van der Waals surface area contributed by atoms with E-state index in [0.717, 1.165) is 24.9 Å². The van der Waals surface area contributed by atoms with Gasteiger partial charge in [0.25, 0.3) is 0 Å². The lowest BCUT2D eigenvalue weighted by Gasteiger charge is -2.14. The lowest BCUT2D eigenvalue weighted by atomic mass is 10.0. The van der Waals surface area contributed by atoms with Gasteiger partial charge in [0.15, 0.2) is 0 Å². The van der Waals surface area contributed by atoms with E-state index in [4.69, 9.17) is 0 Å². The van der Waals surface area contributed by atoms with Crippen LogP contribution in [-0.2, 0) is 6.42 Å². The first-order valence-corrected chi connectivity index (χ1v) is 8.96. The van der Waals surface area contributed by atoms with E-state index in [2.05, 4.69) is 48.6 Å². The Labute approximate surface area is 145 Å². The average molecular weight is 340 g/mol. The lowest BCUT2D eigenvalue weighted by Crippen LogP contribution is -2.20. The molecule has 4 nitrogen and oxygen atoms in total. The zero-order chi connectivity index (χ0) is 16.9. The fourth-order valence-corrected chi connectivity index (χ4v) is 3.69. The van der Waals surface area contributed by atoms with Crippen molar-refractivity contribution in [2.24, 2.45) is 0 Å². The molecular weight excluding hydrogens is 320 g/mol. The molecule has 1 N–H and O–H groups in total. The molecule has 0 aromatic carbocycles. The maximum absolute atomic E-state index is 10.7. The largest absolute Gasteiger partial charge is 0.324 e. The molecule has 5 heteroatoms. The Morgan fingerprint density at radius 3 is 2.83 bits per heavy atom. The van der Waals surface area contributed by atoms with E-state index < -0.39 is 0 Å². The maximum atomic E-state index is 10.7. The van der Waals surface area contributed by atoms with Crippen LogP contribution in [0.4, 0.5) is 5.00 Å². The minimum atomic E-state index is -0.324. The van der Waals surface area contributed by atoms with Crippen LogP contribution in [0.25, 0.3) is 11.1 Å². The van der Waals surface area contributed by atoms with E-state index >= 15 is 0 Å². The average Bonchev–Trinajstić information content (AvgIpc) is 3.13. The smallest absolute Gasteiger partial charge is 0.310 e. The summed E-state index contributed by atoms with van der Waals surface area (Å²) in [7, 11) is 0. The van der Waals surface area contributed by atoms with Crippen molar-refractivity contribution in [3.05, 3.63) is 75.2 Å².